The van der Waals surface area contributed by atoms with Gasteiger partial charge in [-0.15, -0.1) is 11.3 Å². The van der Waals surface area contributed by atoms with Crippen LogP contribution in [0.3, 0.4) is 0 Å². The van der Waals surface area contributed by atoms with Crippen molar-refractivity contribution in [2.24, 2.45) is 27.8 Å². The summed E-state index contributed by atoms with van der Waals surface area (Å²) in [5, 5.41) is 8.10. The fourth-order valence-electron chi connectivity index (χ4n) is 3.59. The normalized spacial score (nSPS) is 26.1. The summed E-state index contributed by atoms with van der Waals surface area (Å²) in [4.78, 5) is 5.18. The molecule has 2 bridgehead atoms. The zero-order valence-electron chi connectivity index (χ0n) is 13.2. The largest absolute Gasteiger partial charge is 0.261 e. The van der Waals surface area contributed by atoms with Crippen molar-refractivity contribution < 1.29 is 0 Å². The molecule has 3 nitrogen and oxygen atoms in total. The van der Waals surface area contributed by atoms with Crippen molar-refractivity contribution in [3.63, 3.8) is 0 Å². The molecule has 1 aromatic heterocycles. The molecule has 0 N–H and O–H groups in total. The molecule has 0 saturated heterocycles. The molecule has 3 atom stereocenters. The number of nitrogens with zero attached hydrogens (tertiary/aromatic N) is 3. The first kappa shape index (κ1) is 16.1. The Balaban J connectivity index is 1.74. The maximum atomic E-state index is 6.37. The molecule has 0 aliphatic heterocycles. The lowest BCUT2D eigenvalue weighted by Crippen LogP contribution is -2.15. The molecule has 2 aliphatic carbocycles. The van der Waals surface area contributed by atoms with Gasteiger partial charge in [0.15, 0.2) is 0 Å². The van der Waals surface area contributed by atoms with Crippen LogP contribution in [-0.2, 0) is 0 Å². The molecular weight excluding hydrogens is 361 g/mol. The topological polar surface area (TPSA) is 29.6 Å². The van der Waals surface area contributed by atoms with Crippen LogP contribution in [-0.4, -0.2) is 17.9 Å². The van der Waals surface area contributed by atoms with Gasteiger partial charge in [0.1, 0.15) is 0 Å². The van der Waals surface area contributed by atoms with Crippen molar-refractivity contribution in [1.29, 1.82) is 0 Å². The van der Waals surface area contributed by atoms with Crippen LogP contribution in [0.4, 0.5) is 0 Å². The van der Waals surface area contributed by atoms with Crippen LogP contribution in [0.2, 0.25) is 10.0 Å². The van der Waals surface area contributed by atoms with Gasteiger partial charge >= 0.3 is 0 Å². The van der Waals surface area contributed by atoms with Gasteiger partial charge in [-0.1, -0.05) is 35.4 Å². The van der Waals surface area contributed by atoms with Gasteiger partial charge in [0.25, 0.3) is 0 Å². The Morgan fingerprint density at radius 2 is 2.12 bits per heavy atom. The molecule has 0 radical (unpaired) electrons. The lowest BCUT2D eigenvalue weighted by Gasteiger charge is -2.13. The average Bonchev–Trinajstić information content (AvgIpc) is 3.29. The summed E-state index contributed by atoms with van der Waals surface area (Å²) in [6, 6.07) is 5.48. The van der Waals surface area contributed by atoms with Crippen molar-refractivity contribution in [1.82, 2.24) is 4.68 Å². The first-order valence-corrected chi connectivity index (χ1v) is 9.61. The molecule has 1 aromatic carbocycles. The summed E-state index contributed by atoms with van der Waals surface area (Å²) in [6.45, 7) is 0. The van der Waals surface area contributed by atoms with Gasteiger partial charge in [-0.2, -0.15) is 5.10 Å². The Morgan fingerprint density at radius 3 is 2.83 bits per heavy atom. The van der Waals surface area contributed by atoms with E-state index in [9.17, 15) is 0 Å². The van der Waals surface area contributed by atoms with Crippen LogP contribution < -0.4 is 4.80 Å². The van der Waals surface area contributed by atoms with Crippen LogP contribution in [0.25, 0.3) is 11.3 Å². The van der Waals surface area contributed by atoms with E-state index in [4.69, 9.17) is 28.3 Å². The molecule has 6 heteroatoms. The summed E-state index contributed by atoms with van der Waals surface area (Å²) in [7, 11) is 1.78. The molecule has 0 amide bonds. The number of allylic oxidation sites excluding steroid dienone is 2. The van der Waals surface area contributed by atoms with Crippen molar-refractivity contribution >= 4 is 40.8 Å². The number of benzene rings is 1. The summed E-state index contributed by atoms with van der Waals surface area (Å²) in [5.74, 6) is 1.88. The molecule has 124 valence electrons. The molecule has 1 heterocycles. The van der Waals surface area contributed by atoms with Crippen LogP contribution in [0, 0.1) is 17.8 Å². The van der Waals surface area contributed by atoms with Crippen molar-refractivity contribution in [3.8, 4) is 11.3 Å². The molecule has 1 saturated carbocycles. The lowest BCUT2D eigenvalue weighted by molar-refractivity contribution is 0.590. The van der Waals surface area contributed by atoms with Crippen LogP contribution in [0.1, 0.15) is 12.8 Å². The summed E-state index contributed by atoms with van der Waals surface area (Å²) in [6.07, 6.45) is 9.22. The smallest absolute Gasteiger partial charge is 0.205 e. The predicted molar refractivity (Wildman–Crippen MR) is 102 cm³/mol. The Bertz CT molecular complexity index is 894. The zero-order valence-corrected chi connectivity index (χ0v) is 15.5. The van der Waals surface area contributed by atoms with E-state index in [1.54, 1.807) is 24.5 Å². The zero-order chi connectivity index (χ0) is 16.7. The Morgan fingerprint density at radius 1 is 1.25 bits per heavy atom. The second-order valence-electron chi connectivity index (χ2n) is 6.27. The highest BCUT2D eigenvalue weighted by Gasteiger charge is 2.34. The highest BCUT2D eigenvalue weighted by molar-refractivity contribution is 7.07. The van der Waals surface area contributed by atoms with Gasteiger partial charge in [0.05, 0.1) is 10.7 Å². The van der Waals surface area contributed by atoms with E-state index < -0.39 is 0 Å². The van der Waals surface area contributed by atoms with Gasteiger partial charge in [-0.25, -0.2) is 4.68 Å². The third-order valence-electron chi connectivity index (χ3n) is 4.78. The minimum atomic E-state index is 0.514. The van der Waals surface area contributed by atoms with Gasteiger partial charge in [0, 0.05) is 35.1 Å². The number of halogens is 2. The number of rotatable bonds is 3. The first-order valence-electron chi connectivity index (χ1n) is 7.97. The maximum Gasteiger partial charge on any atom is 0.205 e. The summed E-state index contributed by atoms with van der Waals surface area (Å²) in [5.41, 5.74) is 1.79. The number of aromatic nitrogens is 1. The second kappa shape index (κ2) is 6.51. The SMILES string of the molecule is CN=c1scc(-c2cc(Cl)ccc2Cl)n1N=CC1CC2C=CC1C2. The quantitative estimate of drug-likeness (QED) is 0.526. The molecule has 1 fully saturated rings. The van der Waals surface area contributed by atoms with Gasteiger partial charge in [-0.3, -0.25) is 4.99 Å². The average molecular weight is 378 g/mol. The minimum Gasteiger partial charge on any atom is -0.261 e. The number of hydrogen-bond donors (Lipinski definition) is 0. The second-order valence-corrected chi connectivity index (χ2v) is 7.95. The molecule has 2 aliphatic rings. The predicted octanol–water partition coefficient (Wildman–Crippen LogP) is 5.10. The molecule has 24 heavy (non-hydrogen) atoms. The number of fused-ring (bicyclic) bond motifs is 2. The van der Waals surface area contributed by atoms with E-state index in [2.05, 4.69) is 23.4 Å². The van der Waals surface area contributed by atoms with E-state index in [0.29, 0.717) is 21.9 Å². The Kier molecular flexibility index (Phi) is 4.37. The van der Waals surface area contributed by atoms with Crippen LogP contribution in [0.5, 0.6) is 0 Å². The summed E-state index contributed by atoms with van der Waals surface area (Å²) < 4.78 is 1.87. The van der Waals surface area contributed by atoms with Crippen molar-refractivity contribution in [2.75, 3.05) is 7.05 Å². The van der Waals surface area contributed by atoms with E-state index in [-0.39, 0.29) is 0 Å². The Labute approximate surface area is 155 Å². The van der Waals surface area contributed by atoms with Crippen LogP contribution in [0.15, 0.2) is 45.8 Å². The number of hydrogen-bond acceptors (Lipinski definition) is 3. The number of thiazole rings is 1. The fraction of sp³-hybridized carbons (Fsp3) is 0.333. The Hall–Kier alpha value is -1.36. The monoisotopic (exact) mass is 377 g/mol. The molecular formula is C18H17Cl2N3S. The molecule has 4 rings (SSSR count). The van der Waals surface area contributed by atoms with Crippen molar-refractivity contribution in [3.05, 3.63) is 50.6 Å². The maximum absolute atomic E-state index is 6.37. The summed E-state index contributed by atoms with van der Waals surface area (Å²) >= 11 is 14.1. The van der Waals surface area contributed by atoms with E-state index in [0.717, 1.165) is 22.0 Å². The van der Waals surface area contributed by atoms with Crippen molar-refractivity contribution in [2.45, 2.75) is 12.8 Å². The van der Waals surface area contributed by atoms with E-state index in [1.165, 1.54) is 12.8 Å². The highest BCUT2D eigenvalue weighted by Crippen LogP contribution is 2.42. The van der Waals surface area contributed by atoms with Gasteiger partial charge in [0.2, 0.25) is 4.80 Å². The third-order valence-corrected chi connectivity index (χ3v) is 6.26. The van der Waals surface area contributed by atoms with Crippen LogP contribution >= 0.6 is 34.5 Å². The third kappa shape index (κ3) is 2.87. The van der Waals surface area contributed by atoms with Gasteiger partial charge in [-0.05, 0) is 42.9 Å². The molecule has 3 unspecified atom stereocenters. The molecule has 2 aromatic rings. The van der Waals surface area contributed by atoms with Gasteiger partial charge < -0.3 is 0 Å². The highest BCUT2D eigenvalue weighted by atomic mass is 35.5. The first-order chi connectivity index (χ1) is 11.7. The fourth-order valence-corrected chi connectivity index (χ4v) is 4.77. The minimum absolute atomic E-state index is 0.514. The molecule has 0 spiro atoms. The van der Waals surface area contributed by atoms with E-state index in [1.807, 2.05) is 22.2 Å². The van der Waals surface area contributed by atoms with E-state index >= 15 is 0 Å². The lowest BCUT2D eigenvalue weighted by atomic mass is 9.95. The standard InChI is InChI=1S/C18H17Cl2N3S/c1-21-18-23(22-9-13-7-11-2-3-12(13)6-11)17(10-24-18)15-8-14(19)4-5-16(15)20/h2-5,8-13H,6-7H2,1H3.